The lowest BCUT2D eigenvalue weighted by Gasteiger charge is -2.11. The van der Waals surface area contributed by atoms with Crippen molar-refractivity contribution in [2.75, 3.05) is 5.32 Å². The second-order valence-corrected chi connectivity index (χ2v) is 3.58. The first-order valence-corrected chi connectivity index (χ1v) is 4.76. The highest BCUT2D eigenvalue weighted by molar-refractivity contribution is 5.85. The molecule has 1 rings (SSSR count). The van der Waals surface area contributed by atoms with Crippen LogP contribution in [0.5, 0.6) is 5.75 Å². The lowest BCUT2D eigenvalue weighted by Crippen LogP contribution is -2.18. The summed E-state index contributed by atoms with van der Waals surface area (Å²) in [4.78, 5) is 11.3. The first-order valence-electron chi connectivity index (χ1n) is 4.76. The fraction of sp³-hybridized carbons (Fsp3) is 0.364. The van der Waals surface area contributed by atoms with Crippen molar-refractivity contribution in [3.63, 3.8) is 0 Å². The molecule has 2 N–H and O–H groups in total. The summed E-state index contributed by atoms with van der Waals surface area (Å²) >= 11 is 0. The molecule has 0 aliphatic rings. The standard InChI is InChI=1S/C11H15NO3/c1-7(2)15-11(14)12-10-5-4-9(13)6-8(10)3/h4-7,13H,1-3H3,(H,12,14). The monoisotopic (exact) mass is 209 g/mol. The molecule has 0 bridgehead atoms. The number of anilines is 1. The van der Waals surface area contributed by atoms with Crippen LogP contribution in [0, 0.1) is 6.92 Å². The molecule has 0 unspecified atom stereocenters. The van der Waals surface area contributed by atoms with Gasteiger partial charge in [-0.05, 0) is 44.5 Å². The van der Waals surface area contributed by atoms with E-state index < -0.39 is 6.09 Å². The van der Waals surface area contributed by atoms with E-state index >= 15 is 0 Å². The second kappa shape index (κ2) is 4.68. The summed E-state index contributed by atoms with van der Waals surface area (Å²) in [5.74, 6) is 0.176. The molecule has 1 aromatic carbocycles. The van der Waals surface area contributed by atoms with Crippen molar-refractivity contribution >= 4 is 11.8 Å². The van der Waals surface area contributed by atoms with Crippen LogP contribution < -0.4 is 5.32 Å². The minimum absolute atomic E-state index is 0.151. The zero-order chi connectivity index (χ0) is 11.4. The van der Waals surface area contributed by atoms with E-state index in [4.69, 9.17) is 4.74 Å². The molecule has 0 aliphatic heterocycles. The molecule has 0 fully saturated rings. The van der Waals surface area contributed by atoms with Crippen LogP contribution in [0.15, 0.2) is 18.2 Å². The molecule has 0 aliphatic carbocycles. The Labute approximate surface area is 88.9 Å². The number of hydrogen-bond acceptors (Lipinski definition) is 3. The van der Waals surface area contributed by atoms with E-state index in [0.29, 0.717) is 5.69 Å². The quantitative estimate of drug-likeness (QED) is 0.736. The van der Waals surface area contributed by atoms with E-state index in [1.165, 1.54) is 6.07 Å². The van der Waals surface area contributed by atoms with Gasteiger partial charge in [-0.25, -0.2) is 4.79 Å². The predicted molar refractivity (Wildman–Crippen MR) is 58.1 cm³/mol. The van der Waals surface area contributed by atoms with Crippen LogP contribution >= 0.6 is 0 Å². The molecule has 0 spiro atoms. The Morgan fingerprint density at radius 2 is 2.13 bits per heavy atom. The summed E-state index contributed by atoms with van der Waals surface area (Å²) in [6, 6.07) is 4.72. The molecule has 82 valence electrons. The number of ether oxygens (including phenoxy) is 1. The van der Waals surface area contributed by atoms with Crippen LogP contribution in [0.25, 0.3) is 0 Å². The Morgan fingerprint density at radius 1 is 1.47 bits per heavy atom. The van der Waals surface area contributed by atoms with Crippen LogP contribution in [0.2, 0.25) is 0 Å². The van der Waals surface area contributed by atoms with Crippen LogP contribution in [0.3, 0.4) is 0 Å². The number of amides is 1. The average Bonchev–Trinajstić information content (AvgIpc) is 2.08. The lowest BCUT2D eigenvalue weighted by atomic mass is 10.2. The summed E-state index contributed by atoms with van der Waals surface area (Å²) in [7, 11) is 0. The number of phenolic OH excluding ortho intramolecular Hbond substituents is 1. The minimum Gasteiger partial charge on any atom is -0.508 e. The number of benzene rings is 1. The van der Waals surface area contributed by atoms with Crippen molar-refractivity contribution < 1.29 is 14.6 Å². The van der Waals surface area contributed by atoms with E-state index in [2.05, 4.69) is 5.32 Å². The molecule has 0 atom stereocenters. The lowest BCUT2D eigenvalue weighted by molar-refractivity contribution is 0.130. The van der Waals surface area contributed by atoms with Gasteiger partial charge in [0.05, 0.1) is 6.10 Å². The zero-order valence-corrected chi connectivity index (χ0v) is 9.07. The van der Waals surface area contributed by atoms with Crippen LogP contribution in [0.4, 0.5) is 10.5 Å². The number of rotatable bonds is 2. The predicted octanol–water partition coefficient (Wildman–Crippen LogP) is 2.66. The molecule has 0 saturated heterocycles. The van der Waals surface area contributed by atoms with Crippen molar-refractivity contribution in [2.45, 2.75) is 26.9 Å². The van der Waals surface area contributed by atoms with Crippen molar-refractivity contribution in [3.05, 3.63) is 23.8 Å². The largest absolute Gasteiger partial charge is 0.508 e. The number of carbonyl (C=O) groups is 1. The van der Waals surface area contributed by atoms with E-state index in [-0.39, 0.29) is 11.9 Å². The van der Waals surface area contributed by atoms with Crippen molar-refractivity contribution in [2.24, 2.45) is 0 Å². The summed E-state index contributed by atoms with van der Waals surface area (Å²) in [6.45, 7) is 5.36. The highest BCUT2D eigenvalue weighted by Gasteiger charge is 2.07. The number of nitrogens with one attached hydrogen (secondary N) is 1. The average molecular weight is 209 g/mol. The van der Waals surface area contributed by atoms with Gasteiger partial charge in [-0.2, -0.15) is 0 Å². The fourth-order valence-electron chi connectivity index (χ4n) is 1.14. The Morgan fingerprint density at radius 3 is 2.67 bits per heavy atom. The molecule has 0 radical (unpaired) electrons. The van der Waals surface area contributed by atoms with E-state index in [1.54, 1.807) is 32.9 Å². The minimum atomic E-state index is -0.487. The Kier molecular flexibility index (Phi) is 3.55. The molecule has 1 amide bonds. The summed E-state index contributed by atoms with van der Waals surface area (Å²) in [6.07, 6.45) is -0.638. The molecular formula is C11H15NO3. The highest BCUT2D eigenvalue weighted by atomic mass is 16.6. The highest BCUT2D eigenvalue weighted by Crippen LogP contribution is 2.20. The second-order valence-electron chi connectivity index (χ2n) is 3.58. The summed E-state index contributed by atoms with van der Waals surface area (Å²) in [5, 5.41) is 11.8. The molecule has 0 heterocycles. The van der Waals surface area contributed by atoms with Crippen LogP contribution in [-0.4, -0.2) is 17.3 Å². The normalized spacial score (nSPS) is 10.1. The Hall–Kier alpha value is -1.71. The molecule has 15 heavy (non-hydrogen) atoms. The summed E-state index contributed by atoms with van der Waals surface area (Å²) < 4.78 is 4.93. The zero-order valence-electron chi connectivity index (χ0n) is 9.07. The van der Waals surface area contributed by atoms with E-state index in [1.807, 2.05) is 0 Å². The van der Waals surface area contributed by atoms with Gasteiger partial charge in [-0.15, -0.1) is 0 Å². The number of carbonyl (C=O) groups excluding carboxylic acids is 1. The van der Waals surface area contributed by atoms with E-state index in [0.717, 1.165) is 5.56 Å². The van der Waals surface area contributed by atoms with Gasteiger partial charge in [-0.1, -0.05) is 0 Å². The third-order valence-corrected chi connectivity index (χ3v) is 1.79. The number of phenols is 1. The van der Waals surface area contributed by atoms with Crippen molar-refractivity contribution in [1.29, 1.82) is 0 Å². The molecule has 0 saturated carbocycles. The van der Waals surface area contributed by atoms with Gasteiger partial charge in [0.15, 0.2) is 0 Å². The van der Waals surface area contributed by atoms with Crippen LogP contribution in [-0.2, 0) is 4.74 Å². The van der Waals surface area contributed by atoms with Gasteiger partial charge in [0.2, 0.25) is 0 Å². The first-order chi connectivity index (χ1) is 6.99. The molecule has 4 nitrogen and oxygen atoms in total. The fourth-order valence-corrected chi connectivity index (χ4v) is 1.14. The molecule has 4 heteroatoms. The first kappa shape index (κ1) is 11.4. The molecule has 1 aromatic rings. The summed E-state index contributed by atoms with van der Waals surface area (Å²) in [5.41, 5.74) is 1.43. The number of hydrogen-bond donors (Lipinski definition) is 2. The molecular weight excluding hydrogens is 194 g/mol. The Bertz CT molecular complexity index is 361. The van der Waals surface area contributed by atoms with E-state index in [9.17, 15) is 9.90 Å². The van der Waals surface area contributed by atoms with Crippen molar-refractivity contribution in [1.82, 2.24) is 0 Å². The third kappa shape index (κ3) is 3.50. The Balaban J connectivity index is 2.68. The van der Waals surface area contributed by atoms with Gasteiger partial charge in [0.25, 0.3) is 0 Å². The maximum Gasteiger partial charge on any atom is 0.411 e. The van der Waals surface area contributed by atoms with Gasteiger partial charge >= 0.3 is 6.09 Å². The van der Waals surface area contributed by atoms with Gasteiger partial charge in [-0.3, -0.25) is 5.32 Å². The SMILES string of the molecule is Cc1cc(O)ccc1NC(=O)OC(C)C. The van der Waals surface area contributed by atoms with Gasteiger partial charge in [0, 0.05) is 5.69 Å². The maximum atomic E-state index is 11.3. The van der Waals surface area contributed by atoms with Crippen LogP contribution in [0.1, 0.15) is 19.4 Å². The third-order valence-electron chi connectivity index (χ3n) is 1.79. The maximum absolute atomic E-state index is 11.3. The number of aryl methyl sites for hydroxylation is 1. The smallest absolute Gasteiger partial charge is 0.411 e. The van der Waals surface area contributed by atoms with Gasteiger partial charge in [0.1, 0.15) is 5.75 Å². The van der Waals surface area contributed by atoms with Crippen molar-refractivity contribution in [3.8, 4) is 5.75 Å². The van der Waals surface area contributed by atoms with Gasteiger partial charge < -0.3 is 9.84 Å². The number of aromatic hydroxyl groups is 1. The topological polar surface area (TPSA) is 58.6 Å². The molecule has 0 aromatic heterocycles.